The first-order valence-electron chi connectivity index (χ1n) is 6.82. The summed E-state index contributed by atoms with van der Waals surface area (Å²) in [5.41, 5.74) is 6.91. The monoisotopic (exact) mass is 307 g/mol. The largest absolute Gasteiger partial charge is 0.366 e. The van der Waals surface area contributed by atoms with Gasteiger partial charge in [-0.25, -0.2) is 0 Å². The molecule has 23 heavy (non-hydrogen) atoms. The van der Waals surface area contributed by atoms with Crippen LogP contribution in [-0.2, 0) is 0 Å². The molecule has 0 aliphatic heterocycles. The predicted molar refractivity (Wildman–Crippen MR) is 84.3 cm³/mol. The molecule has 0 bridgehead atoms. The van der Waals surface area contributed by atoms with Gasteiger partial charge in [0, 0.05) is 11.3 Å². The molecule has 7 heteroatoms. The third kappa shape index (κ3) is 3.24. The van der Waals surface area contributed by atoms with Crippen molar-refractivity contribution in [3.63, 3.8) is 0 Å². The van der Waals surface area contributed by atoms with Crippen LogP contribution in [-0.4, -0.2) is 26.8 Å². The van der Waals surface area contributed by atoms with Crippen molar-refractivity contribution in [3.05, 3.63) is 72.1 Å². The third-order valence-electron chi connectivity index (χ3n) is 3.12. The van der Waals surface area contributed by atoms with Crippen LogP contribution in [0.1, 0.15) is 20.8 Å². The second kappa shape index (κ2) is 6.10. The molecule has 0 unspecified atom stereocenters. The van der Waals surface area contributed by atoms with Gasteiger partial charge in [-0.3, -0.25) is 9.59 Å². The van der Waals surface area contributed by atoms with Gasteiger partial charge in [0.15, 0.2) is 5.69 Å². The van der Waals surface area contributed by atoms with Crippen LogP contribution >= 0.6 is 0 Å². The number of nitrogens with two attached hydrogens (primary N) is 1. The number of nitrogens with one attached hydrogen (secondary N) is 1. The number of para-hydroxylation sites is 1. The quantitative estimate of drug-likeness (QED) is 0.764. The van der Waals surface area contributed by atoms with Gasteiger partial charge in [-0.2, -0.15) is 9.90 Å². The van der Waals surface area contributed by atoms with Crippen molar-refractivity contribution in [1.82, 2.24) is 15.0 Å². The minimum atomic E-state index is -0.559. The average Bonchev–Trinajstić information content (AvgIpc) is 3.06. The molecule has 0 atom stereocenters. The lowest BCUT2D eigenvalue weighted by Crippen LogP contribution is -2.15. The molecule has 7 nitrogen and oxygen atoms in total. The first-order chi connectivity index (χ1) is 11.1. The standard InChI is InChI=1S/C16H13N5O2/c17-15(22)11-5-4-6-12(9-11)19-16(23)14-10-18-21(20-14)13-7-2-1-3-8-13/h1-10H,(H2,17,22)(H,19,23). The number of carbonyl (C=O) groups excluding carboxylic acids is 2. The number of primary amides is 1. The van der Waals surface area contributed by atoms with Crippen LogP contribution in [0.2, 0.25) is 0 Å². The number of amides is 2. The maximum atomic E-state index is 12.2. The van der Waals surface area contributed by atoms with Gasteiger partial charge < -0.3 is 11.1 Å². The molecular weight excluding hydrogens is 294 g/mol. The minimum Gasteiger partial charge on any atom is -0.366 e. The van der Waals surface area contributed by atoms with Crippen LogP contribution in [0.3, 0.4) is 0 Å². The molecule has 0 saturated carbocycles. The van der Waals surface area contributed by atoms with Gasteiger partial charge in [0.2, 0.25) is 5.91 Å². The molecule has 0 saturated heterocycles. The lowest BCUT2D eigenvalue weighted by molar-refractivity contribution is 0.0995. The number of hydrogen-bond acceptors (Lipinski definition) is 4. The van der Waals surface area contributed by atoms with Crippen molar-refractivity contribution in [2.45, 2.75) is 0 Å². The number of anilines is 1. The molecule has 0 aliphatic rings. The molecule has 3 aromatic rings. The Hall–Kier alpha value is -3.48. The number of benzene rings is 2. The Morgan fingerprint density at radius 1 is 1.04 bits per heavy atom. The highest BCUT2D eigenvalue weighted by molar-refractivity contribution is 6.03. The zero-order valence-electron chi connectivity index (χ0n) is 12.0. The van der Waals surface area contributed by atoms with Crippen LogP contribution in [0, 0.1) is 0 Å². The number of nitrogens with zero attached hydrogens (tertiary/aromatic N) is 3. The molecule has 0 radical (unpaired) electrons. The fourth-order valence-corrected chi connectivity index (χ4v) is 2.00. The van der Waals surface area contributed by atoms with E-state index in [0.717, 1.165) is 5.69 Å². The van der Waals surface area contributed by atoms with Crippen LogP contribution in [0.4, 0.5) is 5.69 Å². The second-order valence-corrected chi connectivity index (χ2v) is 4.75. The summed E-state index contributed by atoms with van der Waals surface area (Å²) in [6.45, 7) is 0. The zero-order chi connectivity index (χ0) is 16.2. The van der Waals surface area contributed by atoms with E-state index in [1.54, 1.807) is 18.2 Å². The van der Waals surface area contributed by atoms with E-state index < -0.39 is 11.8 Å². The van der Waals surface area contributed by atoms with E-state index in [4.69, 9.17) is 5.73 Å². The Morgan fingerprint density at radius 2 is 1.83 bits per heavy atom. The lowest BCUT2D eigenvalue weighted by atomic mass is 10.2. The van der Waals surface area contributed by atoms with E-state index >= 15 is 0 Å². The van der Waals surface area contributed by atoms with Crippen molar-refractivity contribution in [3.8, 4) is 5.69 Å². The third-order valence-corrected chi connectivity index (χ3v) is 3.12. The van der Waals surface area contributed by atoms with Gasteiger partial charge in [0.05, 0.1) is 11.9 Å². The van der Waals surface area contributed by atoms with Gasteiger partial charge in [0.25, 0.3) is 5.91 Å². The number of rotatable bonds is 4. The fourth-order valence-electron chi connectivity index (χ4n) is 2.00. The molecule has 2 aromatic carbocycles. The Labute approximate surface area is 131 Å². The van der Waals surface area contributed by atoms with Crippen LogP contribution in [0.5, 0.6) is 0 Å². The Balaban J connectivity index is 1.78. The van der Waals surface area contributed by atoms with Gasteiger partial charge in [-0.1, -0.05) is 24.3 Å². The molecule has 0 spiro atoms. The highest BCUT2D eigenvalue weighted by Crippen LogP contribution is 2.12. The summed E-state index contributed by atoms with van der Waals surface area (Å²) in [5, 5.41) is 10.9. The maximum Gasteiger partial charge on any atom is 0.277 e. The molecular formula is C16H13N5O2. The second-order valence-electron chi connectivity index (χ2n) is 4.75. The van der Waals surface area contributed by atoms with E-state index in [9.17, 15) is 9.59 Å². The molecule has 3 N–H and O–H groups in total. The van der Waals surface area contributed by atoms with Gasteiger partial charge in [-0.05, 0) is 30.3 Å². The summed E-state index contributed by atoms with van der Waals surface area (Å²) in [6, 6.07) is 15.6. The maximum absolute atomic E-state index is 12.2. The number of hydrogen-bond donors (Lipinski definition) is 2. The van der Waals surface area contributed by atoms with Gasteiger partial charge in [-0.15, -0.1) is 5.10 Å². The smallest absolute Gasteiger partial charge is 0.277 e. The van der Waals surface area contributed by atoms with Gasteiger partial charge >= 0.3 is 0 Å². The molecule has 3 rings (SSSR count). The summed E-state index contributed by atoms with van der Waals surface area (Å²) >= 11 is 0. The highest BCUT2D eigenvalue weighted by Gasteiger charge is 2.12. The first kappa shape index (κ1) is 14.5. The summed E-state index contributed by atoms with van der Waals surface area (Å²) in [5.74, 6) is -0.982. The van der Waals surface area contributed by atoms with Crippen molar-refractivity contribution in [2.75, 3.05) is 5.32 Å². The molecule has 1 aromatic heterocycles. The molecule has 0 fully saturated rings. The van der Waals surface area contributed by atoms with Crippen molar-refractivity contribution in [2.24, 2.45) is 5.73 Å². The van der Waals surface area contributed by atoms with Crippen LogP contribution in [0.25, 0.3) is 5.69 Å². The topological polar surface area (TPSA) is 103 Å². The van der Waals surface area contributed by atoms with Crippen molar-refractivity contribution < 1.29 is 9.59 Å². The fraction of sp³-hybridized carbons (Fsp3) is 0. The van der Waals surface area contributed by atoms with E-state index in [0.29, 0.717) is 11.3 Å². The normalized spacial score (nSPS) is 10.3. The summed E-state index contributed by atoms with van der Waals surface area (Å²) in [6.07, 6.45) is 1.38. The van der Waals surface area contributed by atoms with Crippen molar-refractivity contribution >= 4 is 17.5 Å². The van der Waals surface area contributed by atoms with E-state index in [1.807, 2.05) is 30.3 Å². The summed E-state index contributed by atoms with van der Waals surface area (Å²) in [7, 11) is 0. The average molecular weight is 307 g/mol. The summed E-state index contributed by atoms with van der Waals surface area (Å²) in [4.78, 5) is 24.7. The predicted octanol–water partition coefficient (Wildman–Crippen LogP) is 1.62. The van der Waals surface area contributed by atoms with Crippen molar-refractivity contribution in [1.29, 1.82) is 0 Å². The molecule has 1 heterocycles. The number of carbonyl (C=O) groups is 2. The molecule has 2 amide bonds. The van der Waals surface area contributed by atoms with E-state index in [2.05, 4.69) is 15.5 Å². The lowest BCUT2D eigenvalue weighted by Gasteiger charge is -2.04. The minimum absolute atomic E-state index is 0.165. The Bertz CT molecular complexity index is 858. The summed E-state index contributed by atoms with van der Waals surface area (Å²) < 4.78 is 0. The van der Waals surface area contributed by atoms with E-state index in [1.165, 1.54) is 17.1 Å². The molecule has 0 aliphatic carbocycles. The SMILES string of the molecule is NC(=O)c1cccc(NC(=O)c2cnn(-c3ccccc3)n2)c1. The Morgan fingerprint density at radius 3 is 2.57 bits per heavy atom. The highest BCUT2D eigenvalue weighted by atomic mass is 16.2. The Kier molecular flexibility index (Phi) is 3.84. The van der Waals surface area contributed by atoms with Crippen LogP contribution in [0.15, 0.2) is 60.8 Å². The number of aromatic nitrogens is 3. The first-order valence-corrected chi connectivity index (χ1v) is 6.82. The van der Waals surface area contributed by atoms with Crippen LogP contribution < -0.4 is 11.1 Å². The van der Waals surface area contributed by atoms with E-state index in [-0.39, 0.29) is 5.69 Å². The molecule has 114 valence electrons. The van der Waals surface area contributed by atoms with Gasteiger partial charge in [0.1, 0.15) is 0 Å². The zero-order valence-corrected chi connectivity index (χ0v) is 12.0.